The normalized spacial score (nSPS) is 25.3. The second-order valence-corrected chi connectivity index (χ2v) is 5.85. The molecule has 1 aromatic carbocycles. The third kappa shape index (κ3) is 3.39. The van der Waals surface area contributed by atoms with Crippen molar-refractivity contribution in [2.45, 2.75) is 18.9 Å². The van der Waals surface area contributed by atoms with Crippen LogP contribution in [0, 0.1) is 5.92 Å². The highest BCUT2D eigenvalue weighted by atomic mass is 35.5. The Labute approximate surface area is 119 Å². The molecule has 100 valence electrons. The maximum Gasteiger partial charge on any atom is 0.0729 e. The van der Waals surface area contributed by atoms with E-state index in [1.807, 2.05) is 12.1 Å². The molecule has 1 aliphatic heterocycles. The highest BCUT2D eigenvalue weighted by Crippen LogP contribution is 2.27. The zero-order valence-electron chi connectivity index (χ0n) is 10.8. The van der Waals surface area contributed by atoms with E-state index >= 15 is 0 Å². The summed E-state index contributed by atoms with van der Waals surface area (Å²) in [4.78, 5) is 2.32. The Morgan fingerprint density at radius 3 is 2.78 bits per heavy atom. The van der Waals surface area contributed by atoms with E-state index in [1.54, 1.807) is 7.11 Å². The van der Waals surface area contributed by atoms with Crippen LogP contribution in [0.15, 0.2) is 18.2 Å². The van der Waals surface area contributed by atoms with E-state index in [9.17, 15) is 0 Å². The molecule has 0 N–H and O–H groups in total. The smallest absolute Gasteiger partial charge is 0.0729 e. The van der Waals surface area contributed by atoms with Gasteiger partial charge in [-0.25, -0.2) is 0 Å². The first-order valence-electron chi connectivity index (χ1n) is 6.25. The molecule has 2 rings (SSSR count). The Hall–Kier alpha value is -0.280. The van der Waals surface area contributed by atoms with Gasteiger partial charge in [-0.15, -0.1) is 0 Å². The summed E-state index contributed by atoms with van der Waals surface area (Å²) in [6.45, 7) is 2.13. The summed E-state index contributed by atoms with van der Waals surface area (Å²) in [6, 6.07) is 5.89. The molecule has 0 saturated carbocycles. The molecule has 1 saturated heterocycles. The second kappa shape index (κ2) is 6.25. The Kier molecular flexibility index (Phi) is 4.91. The molecular formula is C14H19Cl2NO. The molecule has 0 aromatic heterocycles. The van der Waals surface area contributed by atoms with E-state index in [1.165, 1.54) is 5.56 Å². The number of benzene rings is 1. The standard InChI is InChI=1S/C14H19Cl2NO/c1-17-6-5-11(14(9-17)18-2)7-10-3-4-12(15)13(16)8-10/h3-4,8,11,14H,5-7,9H2,1-2H3. The summed E-state index contributed by atoms with van der Waals surface area (Å²) >= 11 is 12.0. The molecule has 4 heteroatoms. The summed E-state index contributed by atoms with van der Waals surface area (Å²) in [5, 5.41) is 1.25. The number of likely N-dealkylation sites (tertiary alicyclic amines) is 1. The lowest BCUT2D eigenvalue weighted by Crippen LogP contribution is -2.43. The van der Waals surface area contributed by atoms with Crippen molar-refractivity contribution in [1.82, 2.24) is 4.90 Å². The van der Waals surface area contributed by atoms with Crippen molar-refractivity contribution in [2.75, 3.05) is 27.2 Å². The van der Waals surface area contributed by atoms with Gasteiger partial charge in [0.15, 0.2) is 0 Å². The van der Waals surface area contributed by atoms with Crippen LogP contribution < -0.4 is 0 Å². The van der Waals surface area contributed by atoms with Gasteiger partial charge in [-0.05, 0) is 50.0 Å². The predicted molar refractivity (Wildman–Crippen MR) is 76.6 cm³/mol. The van der Waals surface area contributed by atoms with Gasteiger partial charge in [0.2, 0.25) is 0 Å². The number of ether oxygens (including phenoxy) is 1. The van der Waals surface area contributed by atoms with E-state index in [0.29, 0.717) is 22.1 Å². The number of methoxy groups -OCH3 is 1. The fourth-order valence-corrected chi connectivity index (χ4v) is 2.91. The first kappa shape index (κ1) is 14.1. The van der Waals surface area contributed by atoms with Crippen molar-refractivity contribution >= 4 is 23.2 Å². The van der Waals surface area contributed by atoms with Crippen molar-refractivity contribution < 1.29 is 4.74 Å². The molecule has 0 radical (unpaired) electrons. The molecule has 0 amide bonds. The fraction of sp³-hybridized carbons (Fsp3) is 0.571. The summed E-state index contributed by atoms with van der Waals surface area (Å²) in [5.74, 6) is 0.559. The number of rotatable bonds is 3. The van der Waals surface area contributed by atoms with Gasteiger partial charge >= 0.3 is 0 Å². The van der Waals surface area contributed by atoms with Crippen LogP contribution in [0.25, 0.3) is 0 Å². The minimum atomic E-state index is 0.304. The first-order valence-corrected chi connectivity index (χ1v) is 7.01. The summed E-state index contributed by atoms with van der Waals surface area (Å²) in [7, 11) is 3.94. The molecular weight excluding hydrogens is 269 g/mol. The Bertz CT molecular complexity index is 411. The third-order valence-electron chi connectivity index (χ3n) is 3.68. The van der Waals surface area contributed by atoms with Gasteiger partial charge in [0.1, 0.15) is 0 Å². The summed E-state index contributed by atoms with van der Waals surface area (Å²) in [6.07, 6.45) is 2.47. The van der Waals surface area contributed by atoms with Gasteiger partial charge in [0.25, 0.3) is 0 Å². The zero-order chi connectivity index (χ0) is 13.1. The molecule has 0 bridgehead atoms. The third-order valence-corrected chi connectivity index (χ3v) is 4.42. The van der Waals surface area contributed by atoms with E-state index in [0.717, 1.165) is 25.9 Å². The highest BCUT2D eigenvalue weighted by molar-refractivity contribution is 6.42. The van der Waals surface area contributed by atoms with E-state index in [4.69, 9.17) is 27.9 Å². The maximum atomic E-state index is 6.05. The number of hydrogen-bond donors (Lipinski definition) is 0. The van der Waals surface area contributed by atoms with Crippen LogP contribution in [-0.4, -0.2) is 38.3 Å². The van der Waals surface area contributed by atoms with Crippen LogP contribution in [-0.2, 0) is 11.2 Å². The fourth-order valence-electron chi connectivity index (χ4n) is 2.59. The minimum Gasteiger partial charge on any atom is -0.380 e. The Morgan fingerprint density at radius 2 is 2.11 bits per heavy atom. The van der Waals surface area contributed by atoms with Crippen LogP contribution in [0.3, 0.4) is 0 Å². The van der Waals surface area contributed by atoms with E-state index in [2.05, 4.69) is 18.0 Å². The second-order valence-electron chi connectivity index (χ2n) is 5.04. The van der Waals surface area contributed by atoms with Gasteiger partial charge < -0.3 is 9.64 Å². The Morgan fingerprint density at radius 1 is 1.33 bits per heavy atom. The quantitative estimate of drug-likeness (QED) is 0.844. The topological polar surface area (TPSA) is 12.5 Å². The molecule has 1 aliphatic rings. The lowest BCUT2D eigenvalue weighted by Gasteiger charge is -2.36. The number of piperidine rings is 1. The van der Waals surface area contributed by atoms with Gasteiger partial charge in [0, 0.05) is 13.7 Å². The molecule has 1 aromatic rings. The van der Waals surface area contributed by atoms with Crippen LogP contribution in [0.5, 0.6) is 0 Å². The zero-order valence-corrected chi connectivity index (χ0v) is 12.3. The molecule has 0 spiro atoms. The number of halogens is 2. The van der Waals surface area contributed by atoms with Crippen LogP contribution in [0.4, 0.5) is 0 Å². The lowest BCUT2D eigenvalue weighted by molar-refractivity contribution is -0.00320. The van der Waals surface area contributed by atoms with Crippen molar-refractivity contribution in [1.29, 1.82) is 0 Å². The van der Waals surface area contributed by atoms with Crippen molar-refractivity contribution in [3.05, 3.63) is 33.8 Å². The van der Waals surface area contributed by atoms with Gasteiger partial charge in [-0.3, -0.25) is 0 Å². The largest absolute Gasteiger partial charge is 0.380 e. The molecule has 2 atom stereocenters. The molecule has 18 heavy (non-hydrogen) atoms. The Balaban J connectivity index is 2.05. The molecule has 1 fully saturated rings. The average Bonchev–Trinajstić information content (AvgIpc) is 2.36. The monoisotopic (exact) mass is 287 g/mol. The molecule has 1 heterocycles. The number of hydrogen-bond acceptors (Lipinski definition) is 2. The van der Waals surface area contributed by atoms with Crippen molar-refractivity contribution in [2.24, 2.45) is 5.92 Å². The van der Waals surface area contributed by atoms with Crippen LogP contribution >= 0.6 is 23.2 Å². The van der Waals surface area contributed by atoms with E-state index in [-0.39, 0.29) is 0 Å². The SMILES string of the molecule is COC1CN(C)CCC1Cc1ccc(Cl)c(Cl)c1. The van der Waals surface area contributed by atoms with Crippen molar-refractivity contribution in [3.8, 4) is 0 Å². The van der Waals surface area contributed by atoms with Crippen LogP contribution in [0.1, 0.15) is 12.0 Å². The summed E-state index contributed by atoms with van der Waals surface area (Å²) < 4.78 is 5.60. The van der Waals surface area contributed by atoms with Crippen LogP contribution in [0.2, 0.25) is 10.0 Å². The molecule has 2 nitrogen and oxygen atoms in total. The summed E-state index contributed by atoms with van der Waals surface area (Å²) in [5.41, 5.74) is 1.24. The van der Waals surface area contributed by atoms with Crippen molar-refractivity contribution in [3.63, 3.8) is 0 Å². The first-order chi connectivity index (χ1) is 8.60. The number of nitrogens with zero attached hydrogens (tertiary/aromatic N) is 1. The minimum absolute atomic E-state index is 0.304. The molecule has 2 unspecified atom stereocenters. The van der Waals surface area contributed by atoms with E-state index < -0.39 is 0 Å². The predicted octanol–water partition coefficient (Wildman–Crippen LogP) is 3.50. The highest BCUT2D eigenvalue weighted by Gasteiger charge is 2.27. The number of likely N-dealkylation sites (N-methyl/N-ethyl adjacent to an activating group) is 1. The lowest BCUT2D eigenvalue weighted by atomic mass is 9.88. The van der Waals surface area contributed by atoms with Gasteiger partial charge in [-0.2, -0.15) is 0 Å². The molecule has 0 aliphatic carbocycles. The maximum absolute atomic E-state index is 6.05. The average molecular weight is 288 g/mol. The van der Waals surface area contributed by atoms with Gasteiger partial charge in [-0.1, -0.05) is 29.3 Å². The van der Waals surface area contributed by atoms with Gasteiger partial charge in [0.05, 0.1) is 16.1 Å².